The summed E-state index contributed by atoms with van der Waals surface area (Å²) >= 11 is 0. The van der Waals surface area contributed by atoms with Crippen LogP contribution in [-0.2, 0) is 9.59 Å². The fraction of sp³-hybridized carbons (Fsp3) is 0.250. The van der Waals surface area contributed by atoms with Gasteiger partial charge in [-0.3, -0.25) is 9.59 Å². The van der Waals surface area contributed by atoms with Crippen molar-refractivity contribution in [3.05, 3.63) is 30.3 Å². The molecule has 7 heteroatoms. The fourth-order valence-electron chi connectivity index (χ4n) is 1.79. The number of carbonyl (C=O) groups excluding carboxylic acids is 2. The largest absolute Gasteiger partial charge is 0.451 e. The molecule has 1 atom stereocenters. The molecule has 1 heterocycles. The van der Waals surface area contributed by atoms with Crippen LogP contribution in [0.3, 0.4) is 0 Å². The van der Waals surface area contributed by atoms with Gasteiger partial charge in [0.1, 0.15) is 5.92 Å². The van der Waals surface area contributed by atoms with E-state index in [9.17, 15) is 22.8 Å². The number of para-hydroxylation sites is 1. The first-order chi connectivity index (χ1) is 8.82. The maximum atomic E-state index is 12.4. The van der Waals surface area contributed by atoms with Crippen LogP contribution in [0.2, 0.25) is 0 Å². The predicted octanol–water partition coefficient (Wildman–Crippen LogP) is 2.16. The molecule has 0 saturated heterocycles. The van der Waals surface area contributed by atoms with E-state index in [2.05, 4.69) is 5.10 Å². The number of alkyl halides is 3. The van der Waals surface area contributed by atoms with Gasteiger partial charge in [-0.2, -0.15) is 23.3 Å². The molecule has 0 radical (unpaired) electrons. The van der Waals surface area contributed by atoms with Crippen LogP contribution in [0.15, 0.2) is 35.4 Å². The maximum Gasteiger partial charge on any atom is 0.451 e. The SMILES string of the molecule is CC1=NN(c2ccccc2)C(=O)[C@H]1C(=O)C(F)(F)F. The van der Waals surface area contributed by atoms with Gasteiger partial charge in [-0.1, -0.05) is 18.2 Å². The number of amides is 1. The average Bonchev–Trinajstić information content (AvgIpc) is 2.64. The van der Waals surface area contributed by atoms with Crippen LogP contribution < -0.4 is 5.01 Å². The topological polar surface area (TPSA) is 49.7 Å². The zero-order chi connectivity index (χ0) is 14.2. The number of hydrogen-bond donors (Lipinski definition) is 0. The first-order valence-electron chi connectivity index (χ1n) is 5.37. The zero-order valence-electron chi connectivity index (χ0n) is 9.81. The van der Waals surface area contributed by atoms with Gasteiger partial charge in [0, 0.05) is 0 Å². The van der Waals surface area contributed by atoms with Crippen molar-refractivity contribution in [2.24, 2.45) is 11.0 Å². The summed E-state index contributed by atoms with van der Waals surface area (Å²) in [7, 11) is 0. The van der Waals surface area contributed by atoms with Crippen LogP contribution in [0, 0.1) is 5.92 Å². The standard InChI is InChI=1S/C12H9F3N2O2/c1-7-9(10(18)12(13,14)15)11(19)17(16-7)8-5-3-2-4-6-8/h2-6,9H,1H3/t9-/m1/s1. The minimum atomic E-state index is -5.05. The first-order valence-corrected chi connectivity index (χ1v) is 5.37. The Morgan fingerprint density at radius 1 is 1.26 bits per heavy atom. The van der Waals surface area contributed by atoms with Crippen molar-refractivity contribution in [3.8, 4) is 0 Å². The molecule has 0 aromatic heterocycles. The Hall–Kier alpha value is -2.18. The average molecular weight is 270 g/mol. The van der Waals surface area contributed by atoms with Gasteiger partial charge in [0.25, 0.3) is 11.7 Å². The number of hydrogen-bond acceptors (Lipinski definition) is 3. The van der Waals surface area contributed by atoms with Crippen molar-refractivity contribution in [2.45, 2.75) is 13.1 Å². The van der Waals surface area contributed by atoms with E-state index in [1.165, 1.54) is 19.1 Å². The summed E-state index contributed by atoms with van der Waals surface area (Å²) in [6.45, 7) is 1.23. The number of carbonyl (C=O) groups is 2. The van der Waals surface area contributed by atoms with E-state index < -0.39 is 23.8 Å². The monoisotopic (exact) mass is 270 g/mol. The number of nitrogens with zero attached hydrogens (tertiary/aromatic N) is 2. The number of benzene rings is 1. The Labute approximate surface area is 106 Å². The Morgan fingerprint density at radius 3 is 2.37 bits per heavy atom. The van der Waals surface area contributed by atoms with Crippen molar-refractivity contribution < 1.29 is 22.8 Å². The molecular formula is C12H9F3N2O2. The molecule has 1 amide bonds. The number of Topliss-reactive ketones (excluding diaryl/α,β-unsaturated/α-hetero) is 1. The van der Waals surface area contributed by atoms with Gasteiger partial charge in [-0.05, 0) is 19.1 Å². The molecule has 4 nitrogen and oxygen atoms in total. The highest BCUT2D eigenvalue weighted by Crippen LogP contribution is 2.29. The third kappa shape index (κ3) is 2.35. The second-order valence-corrected chi connectivity index (χ2v) is 4.02. The molecule has 0 aliphatic carbocycles. The molecular weight excluding hydrogens is 261 g/mol. The van der Waals surface area contributed by atoms with Gasteiger partial charge in [0.05, 0.1) is 11.4 Å². The molecule has 0 spiro atoms. The summed E-state index contributed by atoms with van der Waals surface area (Å²) in [6.07, 6.45) is -5.05. The number of hydrazone groups is 1. The molecule has 0 saturated carbocycles. The minimum Gasteiger partial charge on any atom is -0.288 e. The summed E-state index contributed by atoms with van der Waals surface area (Å²) in [5, 5.41) is 4.56. The highest BCUT2D eigenvalue weighted by atomic mass is 19.4. The zero-order valence-corrected chi connectivity index (χ0v) is 9.81. The Bertz CT molecular complexity index is 552. The van der Waals surface area contributed by atoms with E-state index in [0.29, 0.717) is 5.69 Å². The lowest BCUT2D eigenvalue weighted by atomic mass is 9.99. The molecule has 1 aliphatic rings. The Morgan fingerprint density at radius 2 is 1.84 bits per heavy atom. The number of ketones is 1. The number of rotatable bonds is 2. The molecule has 1 aromatic carbocycles. The van der Waals surface area contributed by atoms with Gasteiger partial charge in [-0.15, -0.1) is 0 Å². The van der Waals surface area contributed by atoms with E-state index >= 15 is 0 Å². The summed E-state index contributed by atoms with van der Waals surface area (Å²) in [6, 6.07) is 7.97. The van der Waals surface area contributed by atoms with Crippen LogP contribution >= 0.6 is 0 Å². The van der Waals surface area contributed by atoms with Crippen molar-refractivity contribution >= 4 is 23.1 Å². The highest BCUT2D eigenvalue weighted by Gasteiger charge is 2.51. The third-order valence-electron chi connectivity index (χ3n) is 2.67. The summed E-state index contributed by atoms with van der Waals surface area (Å²) in [5.74, 6) is -4.94. The van der Waals surface area contributed by atoms with E-state index in [0.717, 1.165) is 5.01 Å². The lowest BCUT2D eigenvalue weighted by Crippen LogP contribution is -2.40. The summed E-state index contributed by atoms with van der Waals surface area (Å²) in [4.78, 5) is 23.1. The number of halogens is 3. The van der Waals surface area contributed by atoms with Gasteiger partial charge in [-0.25, -0.2) is 0 Å². The molecule has 0 unspecified atom stereocenters. The minimum absolute atomic E-state index is 0.156. The summed E-state index contributed by atoms with van der Waals surface area (Å²) < 4.78 is 37.2. The predicted molar refractivity (Wildman–Crippen MR) is 61.6 cm³/mol. The van der Waals surface area contributed by atoms with Crippen LogP contribution in [-0.4, -0.2) is 23.6 Å². The van der Waals surface area contributed by atoms with Crippen molar-refractivity contribution in [1.29, 1.82) is 0 Å². The molecule has 0 fully saturated rings. The molecule has 19 heavy (non-hydrogen) atoms. The van der Waals surface area contributed by atoms with Crippen molar-refractivity contribution in [1.82, 2.24) is 0 Å². The van der Waals surface area contributed by atoms with E-state index in [-0.39, 0.29) is 5.71 Å². The molecule has 2 rings (SSSR count). The van der Waals surface area contributed by atoms with Crippen molar-refractivity contribution in [2.75, 3.05) is 5.01 Å². The van der Waals surface area contributed by atoms with Gasteiger partial charge in [0.2, 0.25) is 0 Å². The lowest BCUT2D eigenvalue weighted by molar-refractivity contribution is -0.174. The van der Waals surface area contributed by atoms with Crippen LogP contribution in [0.25, 0.3) is 0 Å². The van der Waals surface area contributed by atoms with Crippen LogP contribution in [0.1, 0.15) is 6.92 Å². The Balaban J connectivity index is 2.32. The van der Waals surface area contributed by atoms with Crippen LogP contribution in [0.4, 0.5) is 18.9 Å². The van der Waals surface area contributed by atoms with E-state index in [4.69, 9.17) is 0 Å². The summed E-state index contributed by atoms with van der Waals surface area (Å²) in [5.41, 5.74) is 0.167. The first kappa shape index (κ1) is 13.3. The fourth-order valence-corrected chi connectivity index (χ4v) is 1.79. The molecule has 0 N–H and O–H groups in total. The van der Waals surface area contributed by atoms with Gasteiger partial charge >= 0.3 is 6.18 Å². The smallest absolute Gasteiger partial charge is 0.288 e. The molecule has 1 aliphatic heterocycles. The third-order valence-corrected chi connectivity index (χ3v) is 2.67. The highest BCUT2D eigenvalue weighted by molar-refractivity contribution is 6.27. The van der Waals surface area contributed by atoms with Crippen molar-refractivity contribution in [3.63, 3.8) is 0 Å². The van der Waals surface area contributed by atoms with E-state index in [1.807, 2.05) is 0 Å². The second-order valence-electron chi connectivity index (χ2n) is 4.02. The molecule has 1 aromatic rings. The van der Waals surface area contributed by atoms with Gasteiger partial charge < -0.3 is 0 Å². The quantitative estimate of drug-likeness (QED) is 0.773. The Kier molecular flexibility index (Phi) is 3.13. The van der Waals surface area contributed by atoms with Crippen LogP contribution in [0.5, 0.6) is 0 Å². The molecule has 0 bridgehead atoms. The second kappa shape index (κ2) is 4.49. The van der Waals surface area contributed by atoms with Gasteiger partial charge in [0.15, 0.2) is 0 Å². The number of anilines is 1. The maximum absolute atomic E-state index is 12.4. The lowest BCUT2D eigenvalue weighted by Gasteiger charge is -2.14. The molecule has 100 valence electrons. The van der Waals surface area contributed by atoms with E-state index in [1.54, 1.807) is 18.2 Å². The normalized spacial score (nSPS) is 19.6.